The number of halogens is 1. The minimum absolute atomic E-state index is 0.0448. The van der Waals surface area contributed by atoms with Crippen LogP contribution in [0, 0.1) is 0 Å². The number of carbonyl (C=O) groups is 1. The first kappa shape index (κ1) is 15.1. The molecule has 20 heavy (non-hydrogen) atoms. The summed E-state index contributed by atoms with van der Waals surface area (Å²) in [6.07, 6.45) is 7.22. The summed E-state index contributed by atoms with van der Waals surface area (Å²) < 4.78 is 0. The van der Waals surface area contributed by atoms with Crippen molar-refractivity contribution >= 4 is 23.3 Å². The van der Waals surface area contributed by atoms with Crippen LogP contribution < -0.4 is 5.32 Å². The van der Waals surface area contributed by atoms with Crippen molar-refractivity contribution in [1.29, 1.82) is 0 Å². The first-order valence-corrected chi connectivity index (χ1v) is 7.79. The number of likely N-dealkylation sites (tertiary alicyclic amines) is 1. The van der Waals surface area contributed by atoms with E-state index in [1.807, 2.05) is 4.90 Å². The molecule has 1 aliphatic rings. The lowest BCUT2D eigenvalue weighted by molar-refractivity contribution is 0.0761. The Balaban J connectivity index is 2.07. The summed E-state index contributed by atoms with van der Waals surface area (Å²) in [5.74, 6) is 0.698. The molecule has 1 amide bonds. The number of nitrogens with zero attached hydrogens (tertiary/aromatic N) is 2. The first-order chi connectivity index (χ1) is 9.72. The Morgan fingerprint density at radius 3 is 2.65 bits per heavy atom. The largest absolute Gasteiger partial charge is 0.369 e. The molecule has 0 aliphatic carbocycles. The van der Waals surface area contributed by atoms with Gasteiger partial charge in [0, 0.05) is 25.8 Å². The molecular weight excluding hydrogens is 274 g/mol. The Morgan fingerprint density at radius 1 is 1.35 bits per heavy atom. The van der Waals surface area contributed by atoms with Gasteiger partial charge in [-0.05, 0) is 25.3 Å². The normalized spacial score (nSPS) is 15.8. The van der Waals surface area contributed by atoms with E-state index in [9.17, 15) is 4.79 Å². The van der Waals surface area contributed by atoms with Crippen molar-refractivity contribution < 1.29 is 4.79 Å². The van der Waals surface area contributed by atoms with E-state index in [0.717, 1.165) is 38.9 Å². The van der Waals surface area contributed by atoms with Gasteiger partial charge in [0.1, 0.15) is 5.82 Å². The molecule has 0 unspecified atom stereocenters. The van der Waals surface area contributed by atoms with Gasteiger partial charge in [0.05, 0.1) is 10.6 Å². The van der Waals surface area contributed by atoms with Gasteiger partial charge >= 0.3 is 0 Å². The maximum absolute atomic E-state index is 12.4. The molecule has 4 nitrogen and oxygen atoms in total. The molecule has 1 fully saturated rings. The number of nitrogens with one attached hydrogen (secondary N) is 1. The number of carbonyl (C=O) groups excluding carboxylic acids is 1. The van der Waals surface area contributed by atoms with E-state index in [1.54, 1.807) is 12.3 Å². The summed E-state index contributed by atoms with van der Waals surface area (Å²) in [4.78, 5) is 18.6. The SMILES string of the molecule is CCCNc1ncc(C(=O)N2CCCCCC2)cc1Cl. The summed E-state index contributed by atoms with van der Waals surface area (Å²) in [7, 11) is 0. The summed E-state index contributed by atoms with van der Waals surface area (Å²) in [6, 6.07) is 1.72. The summed E-state index contributed by atoms with van der Waals surface area (Å²) in [6.45, 7) is 4.59. The molecule has 1 aromatic rings. The van der Waals surface area contributed by atoms with E-state index in [2.05, 4.69) is 17.2 Å². The van der Waals surface area contributed by atoms with Gasteiger partial charge in [0.25, 0.3) is 5.91 Å². The van der Waals surface area contributed by atoms with Gasteiger partial charge in [-0.15, -0.1) is 0 Å². The van der Waals surface area contributed by atoms with Gasteiger partial charge in [-0.2, -0.15) is 0 Å². The third kappa shape index (κ3) is 3.85. The molecule has 0 aromatic carbocycles. The summed E-state index contributed by atoms with van der Waals surface area (Å²) >= 11 is 6.18. The number of pyridine rings is 1. The number of anilines is 1. The Morgan fingerprint density at radius 2 is 2.05 bits per heavy atom. The minimum Gasteiger partial charge on any atom is -0.369 e. The highest BCUT2D eigenvalue weighted by atomic mass is 35.5. The van der Waals surface area contributed by atoms with Crippen LogP contribution in [0.4, 0.5) is 5.82 Å². The summed E-state index contributed by atoms with van der Waals surface area (Å²) in [5.41, 5.74) is 0.582. The second-order valence-corrected chi connectivity index (χ2v) is 5.59. The van der Waals surface area contributed by atoms with Crippen LogP contribution in [0.15, 0.2) is 12.3 Å². The number of amides is 1. The van der Waals surface area contributed by atoms with Crippen LogP contribution in [0.25, 0.3) is 0 Å². The average molecular weight is 296 g/mol. The van der Waals surface area contributed by atoms with Gasteiger partial charge in [-0.1, -0.05) is 31.4 Å². The molecule has 2 rings (SSSR count). The van der Waals surface area contributed by atoms with Crippen molar-refractivity contribution in [2.45, 2.75) is 39.0 Å². The molecule has 1 saturated heterocycles. The molecular formula is C15H22ClN3O. The number of aromatic nitrogens is 1. The molecule has 0 saturated carbocycles. The molecule has 0 atom stereocenters. The second-order valence-electron chi connectivity index (χ2n) is 5.19. The van der Waals surface area contributed by atoms with Crippen LogP contribution in [0.1, 0.15) is 49.4 Å². The van der Waals surface area contributed by atoms with E-state index >= 15 is 0 Å². The maximum atomic E-state index is 12.4. The molecule has 0 spiro atoms. The van der Waals surface area contributed by atoms with Crippen molar-refractivity contribution in [3.63, 3.8) is 0 Å². The average Bonchev–Trinajstić information content (AvgIpc) is 2.74. The zero-order chi connectivity index (χ0) is 14.4. The predicted octanol–water partition coefficient (Wildman–Crippen LogP) is 3.57. The number of hydrogen-bond donors (Lipinski definition) is 1. The molecule has 110 valence electrons. The first-order valence-electron chi connectivity index (χ1n) is 7.41. The molecule has 0 bridgehead atoms. The van der Waals surface area contributed by atoms with Crippen LogP contribution in [0.2, 0.25) is 5.02 Å². The Hall–Kier alpha value is -1.29. The molecule has 1 N–H and O–H groups in total. The molecule has 1 aromatic heterocycles. The quantitative estimate of drug-likeness (QED) is 0.923. The zero-order valence-electron chi connectivity index (χ0n) is 12.0. The van der Waals surface area contributed by atoms with E-state index in [1.165, 1.54) is 12.8 Å². The van der Waals surface area contributed by atoms with Crippen molar-refractivity contribution in [1.82, 2.24) is 9.88 Å². The highest BCUT2D eigenvalue weighted by molar-refractivity contribution is 6.33. The fraction of sp³-hybridized carbons (Fsp3) is 0.600. The second kappa shape index (κ2) is 7.48. The number of rotatable bonds is 4. The van der Waals surface area contributed by atoms with Crippen LogP contribution >= 0.6 is 11.6 Å². The van der Waals surface area contributed by atoms with Gasteiger partial charge in [0.2, 0.25) is 0 Å². The topological polar surface area (TPSA) is 45.2 Å². The maximum Gasteiger partial charge on any atom is 0.255 e. The van der Waals surface area contributed by atoms with Crippen LogP contribution in [0.5, 0.6) is 0 Å². The van der Waals surface area contributed by atoms with Crippen molar-refractivity contribution in [2.24, 2.45) is 0 Å². The Bertz CT molecular complexity index is 456. The highest BCUT2D eigenvalue weighted by Crippen LogP contribution is 2.21. The highest BCUT2D eigenvalue weighted by Gasteiger charge is 2.18. The monoisotopic (exact) mass is 295 g/mol. The lowest BCUT2D eigenvalue weighted by Crippen LogP contribution is -2.31. The van der Waals surface area contributed by atoms with Crippen molar-refractivity contribution in [2.75, 3.05) is 25.0 Å². The molecule has 5 heteroatoms. The lowest BCUT2D eigenvalue weighted by Gasteiger charge is -2.20. The van der Waals surface area contributed by atoms with Gasteiger partial charge in [-0.25, -0.2) is 4.98 Å². The van der Waals surface area contributed by atoms with E-state index in [0.29, 0.717) is 16.4 Å². The zero-order valence-corrected chi connectivity index (χ0v) is 12.7. The van der Waals surface area contributed by atoms with Crippen LogP contribution in [0.3, 0.4) is 0 Å². The van der Waals surface area contributed by atoms with E-state index < -0.39 is 0 Å². The summed E-state index contributed by atoms with van der Waals surface area (Å²) in [5, 5.41) is 3.66. The smallest absolute Gasteiger partial charge is 0.255 e. The van der Waals surface area contributed by atoms with Crippen molar-refractivity contribution in [3.05, 3.63) is 22.8 Å². The fourth-order valence-corrected chi connectivity index (χ4v) is 2.62. The molecule has 0 radical (unpaired) electrons. The Kier molecular flexibility index (Phi) is 5.65. The van der Waals surface area contributed by atoms with E-state index in [-0.39, 0.29) is 5.91 Å². The Labute approximate surface area is 125 Å². The third-order valence-corrected chi connectivity index (χ3v) is 3.81. The van der Waals surface area contributed by atoms with Gasteiger partial charge in [0.15, 0.2) is 0 Å². The van der Waals surface area contributed by atoms with Gasteiger partial charge in [-0.3, -0.25) is 4.79 Å². The third-order valence-electron chi connectivity index (χ3n) is 3.52. The van der Waals surface area contributed by atoms with Crippen LogP contribution in [-0.4, -0.2) is 35.4 Å². The molecule has 2 heterocycles. The minimum atomic E-state index is 0.0448. The fourth-order valence-electron chi connectivity index (χ4n) is 2.38. The lowest BCUT2D eigenvalue weighted by atomic mass is 10.2. The van der Waals surface area contributed by atoms with Crippen LogP contribution in [-0.2, 0) is 0 Å². The molecule has 1 aliphatic heterocycles. The van der Waals surface area contributed by atoms with E-state index in [4.69, 9.17) is 11.6 Å². The predicted molar refractivity (Wildman–Crippen MR) is 82.4 cm³/mol. The van der Waals surface area contributed by atoms with Gasteiger partial charge < -0.3 is 10.2 Å². The standard InChI is InChI=1S/C15H22ClN3O/c1-2-7-17-14-13(16)10-12(11-18-14)15(20)19-8-5-3-4-6-9-19/h10-11H,2-9H2,1H3,(H,17,18). The number of hydrogen-bond acceptors (Lipinski definition) is 3. The van der Waals surface area contributed by atoms with Crippen molar-refractivity contribution in [3.8, 4) is 0 Å².